The number of para-hydroxylation sites is 1. The van der Waals surface area contributed by atoms with Crippen LogP contribution in [-0.2, 0) is 11.2 Å². The van der Waals surface area contributed by atoms with Gasteiger partial charge in [-0.3, -0.25) is 9.59 Å². The number of hydrogen-bond acceptors (Lipinski definition) is 4. The summed E-state index contributed by atoms with van der Waals surface area (Å²) in [6.07, 6.45) is -3.57. The van der Waals surface area contributed by atoms with Crippen molar-refractivity contribution in [2.45, 2.75) is 12.8 Å². The molecule has 2 aromatic rings. The van der Waals surface area contributed by atoms with Crippen molar-refractivity contribution in [3.8, 4) is 11.5 Å². The van der Waals surface area contributed by atoms with Crippen LogP contribution in [0.5, 0.6) is 11.5 Å². The summed E-state index contributed by atoms with van der Waals surface area (Å²) >= 11 is 0. The van der Waals surface area contributed by atoms with Crippen LogP contribution in [0.15, 0.2) is 42.5 Å². The van der Waals surface area contributed by atoms with Gasteiger partial charge >= 0.3 is 0 Å². The van der Waals surface area contributed by atoms with Crippen molar-refractivity contribution >= 4 is 17.4 Å². The Labute approximate surface area is 148 Å². The van der Waals surface area contributed by atoms with Crippen LogP contribution < -0.4 is 14.8 Å². The molecule has 1 aliphatic rings. The van der Waals surface area contributed by atoms with Crippen molar-refractivity contribution < 1.29 is 27.8 Å². The van der Waals surface area contributed by atoms with Crippen LogP contribution in [0.1, 0.15) is 15.9 Å². The average Bonchev–Trinajstić information content (AvgIpc) is 2.94. The number of ketones is 1. The Morgan fingerprint density at radius 2 is 1.73 bits per heavy atom. The number of carbonyl (C=O) groups excluding carboxylic acids is 2. The van der Waals surface area contributed by atoms with Gasteiger partial charge in [0.25, 0.3) is 6.43 Å². The predicted octanol–water partition coefficient (Wildman–Crippen LogP) is 3.33. The SMILES string of the molecule is COc1cc2c(cc1OC)C(=O)C(C(=O)Nc1ccccc1)(C(F)F)C2. The van der Waals surface area contributed by atoms with Crippen LogP contribution in [0.3, 0.4) is 0 Å². The van der Waals surface area contributed by atoms with E-state index in [-0.39, 0.29) is 11.3 Å². The van der Waals surface area contributed by atoms with Crippen LogP contribution in [0.25, 0.3) is 0 Å². The van der Waals surface area contributed by atoms with Crippen LogP contribution in [-0.4, -0.2) is 32.3 Å². The fourth-order valence-corrected chi connectivity index (χ4v) is 3.12. The van der Waals surface area contributed by atoms with E-state index in [2.05, 4.69) is 5.32 Å². The number of methoxy groups -OCH3 is 2. The molecule has 1 atom stereocenters. The first-order valence-corrected chi connectivity index (χ1v) is 7.88. The van der Waals surface area contributed by atoms with E-state index in [0.717, 1.165) is 0 Å². The zero-order chi connectivity index (χ0) is 18.9. The molecule has 1 unspecified atom stereocenters. The third kappa shape index (κ3) is 2.69. The van der Waals surface area contributed by atoms with Crippen molar-refractivity contribution in [1.29, 1.82) is 0 Å². The van der Waals surface area contributed by atoms with E-state index in [9.17, 15) is 18.4 Å². The maximum atomic E-state index is 14.0. The van der Waals surface area contributed by atoms with Crippen molar-refractivity contribution in [2.24, 2.45) is 5.41 Å². The third-order valence-corrected chi connectivity index (χ3v) is 4.54. The smallest absolute Gasteiger partial charge is 0.260 e. The monoisotopic (exact) mass is 361 g/mol. The normalized spacial score (nSPS) is 18.6. The summed E-state index contributed by atoms with van der Waals surface area (Å²) in [7, 11) is 2.79. The molecule has 1 N–H and O–H groups in total. The Morgan fingerprint density at radius 3 is 2.31 bits per heavy atom. The summed E-state index contributed by atoms with van der Waals surface area (Å²) in [5, 5.41) is 2.43. The standard InChI is InChI=1S/C19H17F2NO4/c1-25-14-8-11-10-19(17(20)21,16(23)13(11)9-15(14)26-2)18(24)22-12-6-4-3-5-7-12/h3-9,17H,10H2,1-2H3,(H,22,24). The number of carbonyl (C=O) groups is 2. The van der Waals surface area contributed by atoms with Gasteiger partial charge in [-0.2, -0.15) is 0 Å². The number of fused-ring (bicyclic) bond motifs is 1. The summed E-state index contributed by atoms with van der Waals surface area (Å²) in [5.74, 6) is -1.39. The average molecular weight is 361 g/mol. The largest absolute Gasteiger partial charge is 0.493 e. The minimum absolute atomic E-state index is 0.0474. The fourth-order valence-electron chi connectivity index (χ4n) is 3.12. The molecule has 0 saturated carbocycles. The van der Waals surface area contributed by atoms with Crippen LogP contribution >= 0.6 is 0 Å². The van der Waals surface area contributed by atoms with Gasteiger partial charge in [-0.05, 0) is 29.8 Å². The second-order valence-electron chi connectivity index (χ2n) is 5.96. The first-order valence-electron chi connectivity index (χ1n) is 7.88. The van der Waals surface area contributed by atoms with Gasteiger partial charge in [-0.25, -0.2) is 8.78 Å². The summed E-state index contributed by atoms with van der Waals surface area (Å²) in [5.41, 5.74) is -1.76. The molecule has 0 bridgehead atoms. The Balaban J connectivity index is 2.02. The minimum Gasteiger partial charge on any atom is -0.493 e. The number of alkyl halides is 2. The molecular weight excluding hydrogens is 344 g/mol. The zero-order valence-electron chi connectivity index (χ0n) is 14.2. The van der Waals surface area contributed by atoms with E-state index in [1.807, 2.05) is 0 Å². The van der Waals surface area contributed by atoms with E-state index in [0.29, 0.717) is 17.0 Å². The van der Waals surface area contributed by atoms with Crippen molar-refractivity contribution in [3.05, 3.63) is 53.6 Å². The Kier molecular flexibility index (Phi) is 4.63. The number of nitrogens with one attached hydrogen (secondary N) is 1. The lowest BCUT2D eigenvalue weighted by Crippen LogP contribution is -2.47. The number of Topliss-reactive ketones (excluding diaryl/α,β-unsaturated/α-hetero) is 1. The van der Waals surface area contributed by atoms with E-state index in [1.165, 1.54) is 26.4 Å². The topological polar surface area (TPSA) is 64.6 Å². The van der Waals surface area contributed by atoms with Crippen molar-refractivity contribution in [3.63, 3.8) is 0 Å². The molecule has 0 saturated heterocycles. The molecule has 0 aliphatic heterocycles. The molecule has 7 heteroatoms. The number of amides is 1. The second-order valence-corrected chi connectivity index (χ2v) is 5.96. The lowest BCUT2D eigenvalue weighted by atomic mass is 9.82. The first-order chi connectivity index (χ1) is 12.4. The number of hydrogen-bond donors (Lipinski definition) is 1. The number of rotatable bonds is 5. The number of ether oxygens (including phenoxy) is 2. The van der Waals surface area contributed by atoms with Crippen LogP contribution in [0.4, 0.5) is 14.5 Å². The van der Waals surface area contributed by atoms with Crippen molar-refractivity contribution in [1.82, 2.24) is 0 Å². The van der Waals surface area contributed by atoms with Crippen molar-refractivity contribution in [2.75, 3.05) is 19.5 Å². The molecule has 136 valence electrons. The molecule has 3 rings (SSSR count). The third-order valence-electron chi connectivity index (χ3n) is 4.54. The molecule has 0 heterocycles. The quantitative estimate of drug-likeness (QED) is 0.830. The highest BCUT2D eigenvalue weighted by Gasteiger charge is 2.58. The summed E-state index contributed by atoms with van der Waals surface area (Å²) in [4.78, 5) is 25.5. The molecule has 26 heavy (non-hydrogen) atoms. The van der Waals surface area contributed by atoms with Gasteiger partial charge in [-0.1, -0.05) is 18.2 Å². The highest BCUT2D eigenvalue weighted by Crippen LogP contribution is 2.45. The highest BCUT2D eigenvalue weighted by molar-refractivity contribution is 6.20. The van der Waals surface area contributed by atoms with Gasteiger partial charge < -0.3 is 14.8 Å². The van der Waals surface area contributed by atoms with Gasteiger partial charge in [0, 0.05) is 17.7 Å². The molecule has 0 aromatic heterocycles. The van der Waals surface area contributed by atoms with Crippen LogP contribution in [0.2, 0.25) is 0 Å². The lowest BCUT2D eigenvalue weighted by Gasteiger charge is -2.25. The van der Waals surface area contributed by atoms with Gasteiger partial charge in [0.05, 0.1) is 14.2 Å². The first kappa shape index (κ1) is 17.8. The summed E-state index contributed by atoms with van der Waals surface area (Å²) in [6.45, 7) is 0. The van der Waals surface area contributed by atoms with E-state index in [1.54, 1.807) is 30.3 Å². The number of halogens is 2. The maximum Gasteiger partial charge on any atom is 0.260 e. The molecule has 1 aliphatic carbocycles. The van der Waals surface area contributed by atoms with E-state index in [4.69, 9.17) is 9.47 Å². The Morgan fingerprint density at radius 1 is 1.12 bits per heavy atom. The van der Waals surface area contributed by atoms with E-state index < -0.39 is 30.0 Å². The number of benzene rings is 2. The zero-order valence-corrected chi connectivity index (χ0v) is 14.2. The van der Waals surface area contributed by atoms with Gasteiger partial charge in [0.1, 0.15) is 0 Å². The molecule has 2 aromatic carbocycles. The summed E-state index contributed by atoms with van der Waals surface area (Å²) < 4.78 is 38.3. The van der Waals surface area contributed by atoms with Crippen LogP contribution in [0, 0.1) is 5.41 Å². The lowest BCUT2D eigenvalue weighted by molar-refractivity contribution is -0.130. The van der Waals surface area contributed by atoms with E-state index >= 15 is 0 Å². The molecule has 0 spiro atoms. The van der Waals surface area contributed by atoms with Gasteiger partial charge in [-0.15, -0.1) is 0 Å². The predicted molar refractivity (Wildman–Crippen MR) is 91.1 cm³/mol. The number of anilines is 1. The summed E-state index contributed by atoms with van der Waals surface area (Å²) in [6, 6.07) is 11.0. The molecule has 1 amide bonds. The maximum absolute atomic E-state index is 14.0. The Hall–Kier alpha value is -2.96. The molecule has 0 fully saturated rings. The highest BCUT2D eigenvalue weighted by atomic mass is 19.3. The fraction of sp³-hybridized carbons (Fsp3) is 0.263. The minimum atomic E-state index is -3.16. The Bertz CT molecular complexity index is 854. The molecular formula is C19H17F2NO4. The van der Waals surface area contributed by atoms with Gasteiger partial charge in [0.2, 0.25) is 5.91 Å². The molecule has 5 nitrogen and oxygen atoms in total. The second kappa shape index (κ2) is 6.74. The van der Waals surface area contributed by atoms with Gasteiger partial charge in [0.15, 0.2) is 22.7 Å². The molecule has 0 radical (unpaired) electrons.